The van der Waals surface area contributed by atoms with Crippen LogP contribution in [0.5, 0.6) is 0 Å². The molecular weight excluding hydrogens is 306 g/mol. The number of hydrogen-bond acceptors (Lipinski definition) is 4. The van der Waals surface area contributed by atoms with E-state index in [1.54, 1.807) is 18.2 Å². The second-order valence-electron chi connectivity index (χ2n) is 6.51. The summed E-state index contributed by atoms with van der Waals surface area (Å²) in [5.74, 6) is -0.00889. The Balaban J connectivity index is 1.61. The normalized spacial score (nSPS) is 22.2. The number of nitro benzene ring substituents is 1. The summed E-state index contributed by atoms with van der Waals surface area (Å²) in [5, 5.41) is 10.8. The summed E-state index contributed by atoms with van der Waals surface area (Å²) in [4.78, 5) is 27.2. The van der Waals surface area contributed by atoms with E-state index in [1.165, 1.54) is 37.5 Å². The van der Waals surface area contributed by atoms with Crippen LogP contribution in [0.1, 0.15) is 31.2 Å². The summed E-state index contributed by atoms with van der Waals surface area (Å²) in [6, 6.07) is 6.81. The van der Waals surface area contributed by atoms with Crippen molar-refractivity contribution in [3.63, 3.8) is 0 Å². The van der Waals surface area contributed by atoms with E-state index in [0.717, 1.165) is 32.6 Å². The maximum atomic E-state index is 12.4. The standard InChI is InChI=1S/C18H23N3O3/c22-18(9-8-15-5-3-6-16(13-15)21(23)24)20-12-4-7-17(14-20)19-10-1-2-11-19/h3,5-6,8-9,13,17H,1-2,4,7,10-12,14H2/b9-8-/t17-/m0/s1. The lowest BCUT2D eigenvalue weighted by atomic mass is 10.0. The highest BCUT2D eigenvalue weighted by molar-refractivity contribution is 5.92. The average Bonchev–Trinajstić information content (AvgIpc) is 3.15. The summed E-state index contributed by atoms with van der Waals surface area (Å²) >= 11 is 0. The molecule has 1 amide bonds. The summed E-state index contributed by atoms with van der Waals surface area (Å²) in [5.41, 5.74) is 0.710. The molecule has 6 nitrogen and oxygen atoms in total. The number of likely N-dealkylation sites (tertiary alicyclic amines) is 2. The van der Waals surface area contributed by atoms with Crippen LogP contribution in [0.2, 0.25) is 0 Å². The molecule has 1 atom stereocenters. The Morgan fingerprint density at radius 2 is 2.00 bits per heavy atom. The Kier molecular flexibility index (Phi) is 5.25. The number of hydrogen-bond donors (Lipinski definition) is 0. The maximum Gasteiger partial charge on any atom is 0.270 e. The van der Waals surface area contributed by atoms with E-state index in [1.807, 2.05) is 4.90 Å². The first-order valence-electron chi connectivity index (χ1n) is 8.59. The van der Waals surface area contributed by atoms with Crippen molar-refractivity contribution in [3.05, 3.63) is 46.0 Å². The lowest BCUT2D eigenvalue weighted by Gasteiger charge is -2.37. The van der Waals surface area contributed by atoms with Gasteiger partial charge in [-0.25, -0.2) is 0 Å². The van der Waals surface area contributed by atoms with E-state index >= 15 is 0 Å². The van der Waals surface area contributed by atoms with Crippen molar-refractivity contribution in [1.29, 1.82) is 0 Å². The fourth-order valence-corrected chi connectivity index (χ4v) is 3.57. The van der Waals surface area contributed by atoms with Gasteiger partial charge in [0.2, 0.25) is 5.91 Å². The Hall–Kier alpha value is -2.21. The number of piperidine rings is 1. The summed E-state index contributed by atoms with van der Waals surface area (Å²) in [6.45, 7) is 3.88. The van der Waals surface area contributed by atoms with Gasteiger partial charge in [-0.1, -0.05) is 12.1 Å². The molecule has 0 spiro atoms. The zero-order chi connectivity index (χ0) is 16.9. The zero-order valence-corrected chi connectivity index (χ0v) is 13.8. The van der Waals surface area contributed by atoms with Gasteiger partial charge in [-0.2, -0.15) is 0 Å². The highest BCUT2D eigenvalue weighted by Crippen LogP contribution is 2.21. The molecule has 2 heterocycles. The van der Waals surface area contributed by atoms with Gasteiger partial charge < -0.3 is 4.90 Å². The third kappa shape index (κ3) is 4.00. The van der Waals surface area contributed by atoms with E-state index in [4.69, 9.17) is 0 Å². The largest absolute Gasteiger partial charge is 0.338 e. The van der Waals surface area contributed by atoms with E-state index in [-0.39, 0.29) is 11.6 Å². The van der Waals surface area contributed by atoms with Gasteiger partial charge in [0.05, 0.1) is 4.92 Å². The number of benzene rings is 1. The van der Waals surface area contributed by atoms with Gasteiger partial charge in [-0.15, -0.1) is 0 Å². The molecule has 2 saturated heterocycles. The van der Waals surface area contributed by atoms with Gasteiger partial charge in [-0.3, -0.25) is 19.8 Å². The van der Waals surface area contributed by atoms with Gasteiger partial charge in [-0.05, 0) is 50.4 Å². The van der Waals surface area contributed by atoms with Gasteiger partial charge >= 0.3 is 0 Å². The molecule has 0 unspecified atom stereocenters. The zero-order valence-electron chi connectivity index (χ0n) is 13.8. The molecule has 1 aromatic carbocycles. The van der Waals surface area contributed by atoms with E-state index in [0.29, 0.717) is 11.6 Å². The van der Waals surface area contributed by atoms with E-state index < -0.39 is 4.92 Å². The molecule has 2 aliphatic rings. The second kappa shape index (κ2) is 7.57. The maximum absolute atomic E-state index is 12.4. The molecule has 2 aliphatic heterocycles. The number of nitrogens with zero attached hydrogens (tertiary/aromatic N) is 3. The van der Waals surface area contributed by atoms with Crippen molar-refractivity contribution < 1.29 is 9.72 Å². The first kappa shape index (κ1) is 16.6. The number of carbonyl (C=O) groups excluding carboxylic acids is 1. The minimum Gasteiger partial charge on any atom is -0.338 e. The first-order valence-corrected chi connectivity index (χ1v) is 8.59. The Morgan fingerprint density at radius 1 is 1.21 bits per heavy atom. The van der Waals surface area contributed by atoms with Crippen molar-refractivity contribution in [1.82, 2.24) is 9.80 Å². The molecule has 24 heavy (non-hydrogen) atoms. The molecule has 0 bridgehead atoms. The Morgan fingerprint density at radius 3 is 2.75 bits per heavy atom. The van der Waals surface area contributed by atoms with Crippen LogP contribution in [0.3, 0.4) is 0 Å². The molecule has 0 N–H and O–H groups in total. The van der Waals surface area contributed by atoms with Crippen molar-refractivity contribution in [2.24, 2.45) is 0 Å². The topological polar surface area (TPSA) is 66.7 Å². The van der Waals surface area contributed by atoms with Crippen molar-refractivity contribution >= 4 is 17.7 Å². The molecule has 128 valence electrons. The predicted molar refractivity (Wildman–Crippen MR) is 92.5 cm³/mol. The Labute approximate surface area is 141 Å². The SMILES string of the molecule is O=C(/C=C\c1cccc([N+](=O)[O-])c1)N1CCC[C@H](N2CCCC2)C1. The minimum absolute atomic E-state index is 0.00889. The van der Waals surface area contributed by atoms with Crippen LogP contribution in [0.15, 0.2) is 30.3 Å². The summed E-state index contributed by atoms with van der Waals surface area (Å²) in [7, 11) is 0. The highest BCUT2D eigenvalue weighted by Gasteiger charge is 2.28. The molecule has 3 rings (SSSR count). The second-order valence-corrected chi connectivity index (χ2v) is 6.51. The lowest BCUT2D eigenvalue weighted by molar-refractivity contribution is -0.384. The molecule has 6 heteroatoms. The molecular formula is C18H23N3O3. The van der Waals surface area contributed by atoms with Crippen LogP contribution >= 0.6 is 0 Å². The van der Waals surface area contributed by atoms with E-state index in [2.05, 4.69) is 4.90 Å². The highest BCUT2D eigenvalue weighted by atomic mass is 16.6. The van der Waals surface area contributed by atoms with Crippen molar-refractivity contribution in [2.45, 2.75) is 31.7 Å². The van der Waals surface area contributed by atoms with Crippen LogP contribution in [0.25, 0.3) is 6.08 Å². The van der Waals surface area contributed by atoms with Gasteiger partial charge in [0.25, 0.3) is 5.69 Å². The number of rotatable bonds is 4. The minimum atomic E-state index is -0.426. The molecule has 1 aromatic rings. The summed E-state index contributed by atoms with van der Waals surface area (Å²) < 4.78 is 0. The Bertz CT molecular complexity index is 638. The number of amides is 1. The summed E-state index contributed by atoms with van der Waals surface area (Å²) in [6.07, 6.45) is 7.92. The molecule has 2 fully saturated rings. The van der Waals surface area contributed by atoms with Crippen LogP contribution in [-0.2, 0) is 4.79 Å². The molecule has 0 aromatic heterocycles. The van der Waals surface area contributed by atoms with Crippen molar-refractivity contribution in [3.8, 4) is 0 Å². The molecule has 0 radical (unpaired) electrons. The van der Waals surface area contributed by atoms with Crippen LogP contribution in [0.4, 0.5) is 5.69 Å². The number of carbonyl (C=O) groups is 1. The van der Waals surface area contributed by atoms with Gasteiger partial charge in [0, 0.05) is 37.3 Å². The molecule has 0 aliphatic carbocycles. The van der Waals surface area contributed by atoms with Crippen LogP contribution in [-0.4, -0.2) is 52.9 Å². The third-order valence-corrected chi connectivity index (χ3v) is 4.86. The van der Waals surface area contributed by atoms with Crippen LogP contribution < -0.4 is 0 Å². The molecule has 0 saturated carbocycles. The monoisotopic (exact) mass is 329 g/mol. The van der Waals surface area contributed by atoms with Gasteiger partial charge in [0.1, 0.15) is 0 Å². The number of nitro groups is 1. The van der Waals surface area contributed by atoms with Gasteiger partial charge in [0.15, 0.2) is 0 Å². The first-order chi connectivity index (χ1) is 11.6. The predicted octanol–water partition coefficient (Wildman–Crippen LogP) is 2.69. The average molecular weight is 329 g/mol. The fraction of sp³-hybridized carbons (Fsp3) is 0.500. The lowest BCUT2D eigenvalue weighted by Crippen LogP contribution is -2.48. The van der Waals surface area contributed by atoms with Crippen molar-refractivity contribution in [2.75, 3.05) is 26.2 Å². The third-order valence-electron chi connectivity index (χ3n) is 4.86. The fourth-order valence-electron chi connectivity index (χ4n) is 3.57. The smallest absolute Gasteiger partial charge is 0.270 e. The number of non-ortho nitro benzene ring substituents is 1. The quantitative estimate of drug-likeness (QED) is 0.484. The van der Waals surface area contributed by atoms with Crippen LogP contribution in [0, 0.1) is 10.1 Å². The van der Waals surface area contributed by atoms with E-state index in [9.17, 15) is 14.9 Å².